The molecular weight excluding hydrogens is 342 g/mol. The largest absolute Gasteiger partial charge is 0.462 e. The molecule has 0 aromatic heterocycles. The monoisotopic (exact) mass is 366 g/mol. The van der Waals surface area contributed by atoms with Crippen LogP contribution in [0.5, 0.6) is 0 Å². The van der Waals surface area contributed by atoms with Gasteiger partial charge >= 0.3 is 12.1 Å². The number of carbonyl (C=O) groups is 2. The first kappa shape index (κ1) is 19.6. The molecule has 0 unspecified atom stereocenters. The SMILES string of the molecule is [CH2][C@H](CNC(=O)OCCOC(=O)C1CCCCC1)c1ccc(Cl)cc1. The lowest BCUT2D eigenvalue weighted by Crippen LogP contribution is -2.29. The van der Waals surface area contributed by atoms with Crippen LogP contribution in [-0.2, 0) is 14.3 Å². The molecule has 1 aromatic carbocycles. The number of carbonyl (C=O) groups excluding carboxylic acids is 2. The lowest BCUT2D eigenvalue weighted by molar-refractivity contribution is -0.150. The number of halogens is 1. The molecule has 1 saturated carbocycles. The highest BCUT2D eigenvalue weighted by molar-refractivity contribution is 6.30. The Bertz CT molecular complexity index is 555. The number of hydrogen-bond acceptors (Lipinski definition) is 4. The van der Waals surface area contributed by atoms with Crippen LogP contribution >= 0.6 is 11.6 Å². The Morgan fingerprint density at radius 3 is 2.44 bits per heavy atom. The van der Waals surface area contributed by atoms with Gasteiger partial charge in [-0.2, -0.15) is 0 Å². The molecule has 1 atom stereocenters. The van der Waals surface area contributed by atoms with E-state index in [-0.39, 0.29) is 31.0 Å². The molecule has 2 rings (SSSR count). The fraction of sp³-hybridized carbons (Fsp3) is 0.526. The summed E-state index contributed by atoms with van der Waals surface area (Å²) in [5.41, 5.74) is 0.978. The van der Waals surface area contributed by atoms with E-state index in [9.17, 15) is 9.59 Å². The van der Waals surface area contributed by atoms with Gasteiger partial charge in [-0.3, -0.25) is 4.79 Å². The van der Waals surface area contributed by atoms with E-state index in [2.05, 4.69) is 12.2 Å². The van der Waals surface area contributed by atoms with Crippen LogP contribution in [0.15, 0.2) is 24.3 Å². The Balaban J connectivity index is 1.57. The Morgan fingerprint density at radius 2 is 1.76 bits per heavy atom. The molecule has 0 aliphatic heterocycles. The molecule has 0 bridgehead atoms. The Morgan fingerprint density at radius 1 is 1.12 bits per heavy atom. The molecule has 1 N–H and O–H groups in total. The summed E-state index contributed by atoms with van der Waals surface area (Å²) in [5.74, 6) is -0.271. The van der Waals surface area contributed by atoms with Crippen LogP contribution in [0.3, 0.4) is 0 Å². The maximum Gasteiger partial charge on any atom is 0.407 e. The number of amides is 1. The average molecular weight is 367 g/mol. The Labute approximate surface area is 154 Å². The van der Waals surface area contributed by atoms with E-state index >= 15 is 0 Å². The first-order valence-corrected chi connectivity index (χ1v) is 9.10. The lowest BCUT2D eigenvalue weighted by atomic mass is 9.89. The van der Waals surface area contributed by atoms with Crippen molar-refractivity contribution in [2.75, 3.05) is 19.8 Å². The Kier molecular flexibility index (Phi) is 8.06. The molecule has 0 saturated heterocycles. The van der Waals surface area contributed by atoms with Crippen molar-refractivity contribution in [3.8, 4) is 0 Å². The van der Waals surface area contributed by atoms with E-state index < -0.39 is 6.09 Å². The molecule has 1 radical (unpaired) electrons. The molecule has 1 aliphatic carbocycles. The van der Waals surface area contributed by atoms with Gasteiger partial charge in [0.2, 0.25) is 0 Å². The fourth-order valence-corrected chi connectivity index (χ4v) is 2.97. The first-order chi connectivity index (χ1) is 12.1. The van der Waals surface area contributed by atoms with E-state index in [1.807, 2.05) is 12.1 Å². The minimum absolute atomic E-state index is 0.00822. The van der Waals surface area contributed by atoms with Gasteiger partial charge in [0.05, 0.1) is 5.92 Å². The third-order valence-electron chi connectivity index (χ3n) is 4.33. The second-order valence-corrected chi connectivity index (χ2v) is 6.70. The second kappa shape index (κ2) is 10.3. The van der Waals surface area contributed by atoms with E-state index in [4.69, 9.17) is 21.1 Å². The minimum atomic E-state index is -0.545. The lowest BCUT2D eigenvalue weighted by Gasteiger charge is -2.19. The molecule has 25 heavy (non-hydrogen) atoms. The van der Waals surface area contributed by atoms with E-state index in [0.29, 0.717) is 11.6 Å². The summed E-state index contributed by atoms with van der Waals surface area (Å²) in [7, 11) is 0. The van der Waals surface area contributed by atoms with Crippen LogP contribution in [0.4, 0.5) is 4.79 Å². The van der Waals surface area contributed by atoms with Crippen molar-refractivity contribution in [3.05, 3.63) is 41.8 Å². The summed E-state index contributed by atoms with van der Waals surface area (Å²) in [6, 6.07) is 7.32. The standard InChI is InChI=1S/C19H25ClNO4/c1-14(15-7-9-17(20)10-8-15)13-21-19(23)25-12-11-24-18(22)16-5-3-2-4-6-16/h7-10,14,16H,1-6,11-13H2,(H,21,23)/t14-/m1/s1. The van der Waals surface area contributed by atoms with Crippen LogP contribution in [0.1, 0.15) is 43.6 Å². The van der Waals surface area contributed by atoms with Gasteiger partial charge in [0.25, 0.3) is 0 Å². The summed E-state index contributed by atoms with van der Waals surface area (Å²) in [4.78, 5) is 23.5. The molecule has 1 fully saturated rings. The van der Waals surface area contributed by atoms with Gasteiger partial charge < -0.3 is 14.8 Å². The van der Waals surface area contributed by atoms with Crippen LogP contribution < -0.4 is 5.32 Å². The predicted octanol–water partition coefficient (Wildman–Crippen LogP) is 4.11. The van der Waals surface area contributed by atoms with Crippen LogP contribution in [-0.4, -0.2) is 31.8 Å². The second-order valence-electron chi connectivity index (χ2n) is 6.27. The topological polar surface area (TPSA) is 64.6 Å². The number of rotatable bonds is 7. The summed E-state index contributed by atoms with van der Waals surface area (Å²) in [6.45, 7) is 4.49. The molecule has 1 aliphatic rings. The van der Waals surface area contributed by atoms with Crippen molar-refractivity contribution < 1.29 is 19.1 Å². The normalized spacial score (nSPS) is 16.1. The number of esters is 1. The Hall–Kier alpha value is -1.75. The van der Waals surface area contributed by atoms with Gasteiger partial charge in [-0.1, -0.05) is 43.0 Å². The van der Waals surface area contributed by atoms with E-state index in [0.717, 1.165) is 31.2 Å². The summed E-state index contributed by atoms with van der Waals surface area (Å²) in [6.07, 6.45) is 4.61. The van der Waals surface area contributed by atoms with Crippen LogP contribution in [0.25, 0.3) is 0 Å². The zero-order chi connectivity index (χ0) is 18.1. The fourth-order valence-electron chi connectivity index (χ4n) is 2.84. The van der Waals surface area contributed by atoms with Crippen LogP contribution in [0, 0.1) is 12.8 Å². The van der Waals surface area contributed by atoms with Gasteiger partial charge in [0, 0.05) is 17.5 Å². The zero-order valence-corrected chi connectivity index (χ0v) is 15.1. The maximum atomic E-state index is 11.8. The zero-order valence-electron chi connectivity index (χ0n) is 14.3. The van der Waals surface area contributed by atoms with Crippen molar-refractivity contribution >= 4 is 23.7 Å². The molecule has 1 aromatic rings. The van der Waals surface area contributed by atoms with Gasteiger partial charge in [-0.15, -0.1) is 0 Å². The average Bonchev–Trinajstić information content (AvgIpc) is 2.64. The highest BCUT2D eigenvalue weighted by Gasteiger charge is 2.22. The summed E-state index contributed by atoms with van der Waals surface area (Å²) < 4.78 is 10.2. The first-order valence-electron chi connectivity index (χ1n) is 8.72. The van der Waals surface area contributed by atoms with Crippen molar-refractivity contribution in [3.63, 3.8) is 0 Å². The van der Waals surface area contributed by atoms with Crippen molar-refractivity contribution in [2.24, 2.45) is 5.92 Å². The number of alkyl carbamates (subject to hydrolysis) is 1. The highest BCUT2D eigenvalue weighted by atomic mass is 35.5. The van der Waals surface area contributed by atoms with Crippen molar-refractivity contribution in [2.45, 2.75) is 38.0 Å². The van der Waals surface area contributed by atoms with Crippen molar-refractivity contribution in [1.29, 1.82) is 0 Å². The summed E-state index contributed by atoms with van der Waals surface area (Å²) >= 11 is 5.84. The quantitative estimate of drug-likeness (QED) is 0.582. The molecule has 0 spiro atoms. The van der Waals surface area contributed by atoms with Gasteiger partial charge in [0.15, 0.2) is 0 Å². The van der Waals surface area contributed by atoms with Gasteiger partial charge in [0.1, 0.15) is 13.2 Å². The highest BCUT2D eigenvalue weighted by Crippen LogP contribution is 2.24. The van der Waals surface area contributed by atoms with E-state index in [1.165, 1.54) is 6.42 Å². The number of nitrogens with one attached hydrogen (secondary N) is 1. The predicted molar refractivity (Wildman–Crippen MR) is 96.4 cm³/mol. The molecule has 137 valence electrons. The maximum absolute atomic E-state index is 11.8. The van der Waals surface area contributed by atoms with Gasteiger partial charge in [-0.05, 0) is 37.5 Å². The third kappa shape index (κ3) is 6.94. The smallest absolute Gasteiger partial charge is 0.407 e. The number of ether oxygens (including phenoxy) is 2. The van der Waals surface area contributed by atoms with E-state index in [1.54, 1.807) is 12.1 Å². The van der Waals surface area contributed by atoms with Crippen molar-refractivity contribution in [1.82, 2.24) is 5.32 Å². The molecule has 6 heteroatoms. The third-order valence-corrected chi connectivity index (χ3v) is 4.59. The molecular formula is C19H25ClNO4. The number of hydrogen-bond donors (Lipinski definition) is 1. The minimum Gasteiger partial charge on any atom is -0.462 e. The number of benzene rings is 1. The van der Waals surface area contributed by atoms with Crippen LogP contribution in [0.2, 0.25) is 5.02 Å². The molecule has 0 heterocycles. The van der Waals surface area contributed by atoms with Gasteiger partial charge in [-0.25, -0.2) is 4.79 Å². The molecule has 5 nitrogen and oxygen atoms in total. The summed E-state index contributed by atoms with van der Waals surface area (Å²) in [5, 5.41) is 3.31. The molecule has 1 amide bonds.